The maximum absolute atomic E-state index is 13.4. The van der Waals surface area contributed by atoms with Crippen molar-refractivity contribution in [2.45, 2.75) is 82.2 Å². The van der Waals surface area contributed by atoms with E-state index in [4.69, 9.17) is 16.6 Å². The highest BCUT2D eigenvalue weighted by Gasteiger charge is 2.40. The van der Waals surface area contributed by atoms with Crippen molar-refractivity contribution in [2.75, 3.05) is 19.6 Å². The molecule has 7 atom stereocenters. The number of aliphatic carboxylic acids is 3. The summed E-state index contributed by atoms with van der Waals surface area (Å²) in [5.41, 5.74) is 10.9. The SMILES string of the molecule is CC(NC=O)C(N)C(=O)N1CCCCC1C(=O)NC(C(=O)NC(CC(=O)O)C(=O)NCC(=O)NC(CC(=O)O)C(=O)NCC(N)=O)C(C)C(=O)O. The van der Waals surface area contributed by atoms with E-state index in [2.05, 4.69) is 10.6 Å². The van der Waals surface area contributed by atoms with Crippen LogP contribution in [0.15, 0.2) is 0 Å². The highest BCUT2D eigenvalue weighted by Crippen LogP contribution is 2.19. The van der Waals surface area contributed by atoms with Gasteiger partial charge in [-0.05, 0) is 33.1 Å². The quantitative estimate of drug-likeness (QED) is 0.0490. The smallest absolute Gasteiger partial charge is 0.308 e. The van der Waals surface area contributed by atoms with Crippen LogP contribution < -0.4 is 43.4 Å². The molecule has 0 aromatic heterocycles. The average Bonchev–Trinajstić information content (AvgIpc) is 3.06. The van der Waals surface area contributed by atoms with Crippen molar-refractivity contribution < 1.29 is 68.1 Å². The van der Waals surface area contributed by atoms with Gasteiger partial charge in [-0.15, -0.1) is 0 Å². The zero-order chi connectivity index (χ0) is 39.0. The molecular weight excluding hydrogens is 686 g/mol. The molecule has 0 aliphatic carbocycles. The van der Waals surface area contributed by atoms with E-state index in [1.54, 1.807) is 0 Å². The second kappa shape index (κ2) is 20.6. The Morgan fingerprint density at radius 2 is 1.35 bits per heavy atom. The van der Waals surface area contributed by atoms with Crippen molar-refractivity contribution in [1.29, 1.82) is 0 Å². The number of nitrogens with zero attached hydrogens (tertiary/aromatic N) is 1. The molecule has 0 saturated carbocycles. The zero-order valence-corrected chi connectivity index (χ0v) is 27.7. The van der Waals surface area contributed by atoms with Gasteiger partial charge in [-0.1, -0.05) is 0 Å². The van der Waals surface area contributed by atoms with E-state index in [0.29, 0.717) is 19.3 Å². The van der Waals surface area contributed by atoms with Crippen LogP contribution >= 0.6 is 0 Å². The number of primary amides is 1. The van der Waals surface area contributed by atoms with Gasteiger partial charge < -0.3 is 63.6 Å². The number of hydrogen-bond donors (Lipinski definition) is 11. The third-order valence-corrected chi connectivity index (χ3v) is 7.62. The second-order valence-electron chi connectivity index (χ2n) is 11.5. The summed E-state index contributed by atoms with van der Waals surface area (Å²) in [5.74, 6) is -13.8. The number of piperidine rings is 1. The number of carboxylic acids is 3. The van der Waals surface area contributed by atoms with Crippen molar-refractivity contribution >= 4 is 65.7 Å². The average molecular weight is 730 g/mol. The molecule has 284 valence electrons. The van der Waals surface area contributed by atoms with Crippen LogP contribution in [0, 0.1) is 5.92 Å². The van der Waals surface area contributed by atoms with Crippen LogP contribution in [0.1, 0.15) is 46.0 Å². The Bertz CT molecular complexity index is 1380. The molecule has 23 heteroatoms. The van der Waals surface area contributed by atoms with Crippen LogP contribution in [0.2, 0.25) is 0 Å². The first kappa shape index (κ1) is 43.2. The van der Waals surface area contributed by atoms with Crippen molar-refractivity contribution in [3.05, 3.63) is 0 Å². The molecule has 1 aliphatic heterocycles. The Morgan fingerprint density at radius 3 is 1.86 bits per heavy atom. The molecule has 0 aromatic carbocycles. The van der Waals surface area contributed by atoms with Gasteiger partial charge in [-0.3, -0.25) is 52.7 Å². The van der Waals surface area contributed by atoms with E-state index >= 15 is 0 Å². The lowest BCUT2D eigenvalue weighted by Crippen LogP contribution is -2.63. The van der Waals surface area contributed by atoms with Crippen LogP contribution in [-0.4, -0.2) is 142 Å². The number of rotatable bonds is 21. The molecular formula is C28H43N9O14. The Kier molecular flexibility index (Phi) is 17.4. The van der Waals surface area contributed by atoms with Gasteiger partial charge in [0.1, 0.15) is 30.2 Å². The highest BCUT2D eigenvalue weighted by molar-refractivity contribution is 5.99. The number of carbonyl (C=O) groups excluding carboxylic acids is 8. The Morgan fingerprint density at radius 1 is 0.804 bits per heavy atom. The van der Waals surface area contributed by atoms with E-state index in [1.165, 1.54) is 6.92 Å². The molecule has 0 aromatic rings. The van der Waals surface area contributed by atoms with Crippen LogP contribution in [-0.2, 0) is 52.7 Å². The first-order valence-electron chi connectivity index (χ1n) is 15.5. The molecule has 7 unspecified atom stereocenters. The van der Waals surface area contributed by atoms with E-state index in [0.717, 1.165) is 11.8 Å². The molecule has 1 rings (SSSR count). The van der Waals surface area contributed by atoms with Gasteiger partial charge in [-0.2, -0.15) is 0 Å². The summed E-state index contributed by atoms with van der Waals surface area (Å²) in [6, 6.07) is -8.86. The van der Waals surface area contributed by atoms with Crippen molar-refractivity contribution in [1.82, 2.24) is 36.8 Å². The molecule has 13 N–H and O–H groups in total. The number of carbonyl (C=O) groups is 11. The minimum atomic E-state index is -1.95. The van der Waals surface area contributed by atoms with Gasteiger partial charge in [0.05, 0.1) is 31.8 Å². The summed E-state index contributed by atoms with van der Waals surface area (Å²) in [6.45, 7) is 0.941. The topological polar surface area (TPSA) is 376 Å². The monoisotopic (exact) mass is 729 g/mol. The van der Waals surface area contributed by atoms with Crippen molar-refractivity contribution in [3.63, 3.8) is 0 Å². The predicted molar refractivity (Wildman–Crippen MR) is 168 cm³/mol. The summed E-state index contributed by atoms with van der Waals surface area (Å²) in [4.78, 5) is 135. The molecule has 8 amide bonds. The third-order valence-electron chi connectivity index (χ3n) is 7.62. The van der Waals surface area contributed by atoms with Crippen LogP contribution in [0.25, 0.3) is 0 Å². The maximum atomic E-state index is 13.4. The summed E-state index contributed by atoms with van der Waals surface area (Å²) in [7, 11) is 0. The van der Waals surface area contributed by atoms with Gasteiger partial charge in [-0.25, -0.2) is 0 Å². The molecule has 1 fully saturated rings. The van der Waals surface area contributed by atoms with E-state index in [-0.39, 0.29) is 13.0 Å². The van der Waals surface area contributed by atoms with Gasteiger partial charge in [0, 0.05) is 12.6 Å². The van der Waals surface area contributed by atoms with Gasteiger partial charge in [0.2, 0.25) is 47.8 Å². The molecule has 0 radical (unpaired) electrons. The number of likely N-dealkylation sites (tertiary alicyclic amines) is 1. The summed E-state index contributed by atoms with van der Waals surface area (Å²) < 4.78 is 0. The number of nitrogens with two attached hydrogens (primary N) is 2. The highest BCUT2D eigenvalue weighted by atomic mass is 16.4. The van der Waals surface area contributed by atoms with Crippen LogP contribution in [0.5, 0.6) is 0 Å². The van der Waals surface area contributed by atoms with E-state index in [1.807, 2.05) is 21.3 Å². The number of hydrogen-bond acceptors (Lipinski definition) is 12. The Balaban J connectivity index is 3.13. The predicted octanol–water partition coefficient (Wildman–Crippen LogP) is -6.33. The maximum Gasteiger partial charge on any atom is 0.308 e. The van der Waals surface area contributed by atoms with Crippen LogP contribution in [0.4, 0.5) is 0 Å². The first-order chi connectivity index (χ1) is 23.8. The fourth-order valence-electron chi connectivity index (χ4n) is 4.76. The number of amides is 8. The largest absolute Gasteiger partial charge is 0.481 e. The first-order valence-corrected chi connectivity index (χ1v) is 15.5. The molecule has 0 spiro atoms. The Hall–Kier alpha value is -5.87. The molecule has 23 nitrogen and oxygen atoms in total. The third kappa shape index (κ3) is 14.3. The summed E-state index contributed by atoms with van der Waals surface area (Å²) >= 11 is 0. The minimum Gasteiger partial charge on any atom is -0.481 e. The molecule has 51 heavy (non-hydrogen) atoms. The van der Waals surface area contributed by atoms with Crippen LogP contribution in [0.3, 0.4) is 0 Å². The van der Waals surface area contributed by atoms with E-state index in [9.17, 15) is 63.0 Å². The molecule has 0 bridgehead atoms. The fourth-order valence-corrected chi connectivity index (χ4v) is 4.76. The van der Waals surface area contributed by atoms with Gasteiger partial charge in [0.25, 0.3) is 0 Å². The minimum absolute atomic E-state index is 0.0767. The van der Waals surface area contributed by atoms with Gasteiger partial charge >= 0.3 is 17.9 Å². The normalized spacial score (nSPS) is 17.4. The summed E-state index contributed by atoms with van der Waals surface area (Å²) in [6.07, 6.45) is -0.632. The number of nitrogens with one attached hydrogen (secondary N) is 6. The fraction of sp³-hybridized carbons (Fsp3) is 0.607. The lowest BCUT2D eigenvalue weighted by molar-refractivity contribution is -0.149. The van der Waals surface area contributed by atoms with Crippen molar-refractivity contribution in [2.24, 2.45) is 17.4 Å². The summed E-state index contributed by atoms with van der Waals surface area (Å²) in [5, 5.41) is 40.7. The van der Waals surface area contributed by atoms with Crippen molar-refractivity contribution in [3.8, 4) is 0 Å². The zero-order valence-electron chi connectivity index (χ0n) is 27.7. The molecule has 1 aliphatic rings. The van der Waals surface area contributed by atoms with E-state index < -0.39 is 127 Å². The standard InChI is InChI=1S/C28H43N9O14/c1-12(28(50)51)22(36-25(47)16-5-3-4-6-37(16)27(49)21(30)13(2)33-11-38)26(48)35-15(8-20(43)44)24(46)32-10-18(40)34-14(7-19(41)42)23(45)31-9-17(29)39/h11-16,21-22H,3-10,30H2,1-2H3,(H2,29,39)(H,31,45)(H,32,46)(H,33,38)(H,34,40)(H,35,48)(H,36,47)(H,41,42)(H,43,44)(H,50,51). The number of carboxylic acid groups (broad SMARTS) is 3. The van der Waals surface area contributed by atoms with Gasteiger partial charge in [0.15, 0.2) is 0 Å². The molecule has 1 heterocycles. The molecule has 1 saturated heterocycles. The lowest BCUT2D eigenvalue weighted by Gasteiger charge is -2.38. The lowest BCUT2D eigenvalue weighted by atomic mass is 9.96. The Labute approximate surface area is 289 Å². The second-order valence-corrected chi connectivity index (χ2v) is 11.5.